The van der Waals surface area contributed by atoms with Crippen LogP contribution in [0.1, 0.15) is 23.9 Å². The molecule has 2 rings (SSSR count). The summed E-state index contributed by atoms with van der Waals surface area (Å²) in [6.07, 6.45) is -0.179. The van der Waals surface area contributed by atoms with Crippen LogP contribution in [0.25, 0.3) is 0 Å². The quantitative estimate of drug-likeness (QED) is 0.820. The average molecular weight is 357 g/mol. The van der Waals surface area contributed by atoms with E-state index >= 15 is 0 Å². The van der Waals surface area contributed by atoms with Crippen LogP contribution in [0, 0.1) is 18.6 Å². The van der Waals surface area contributed by atoms with Crippen LogP contribution in [0.5, 0.6) is 0 Å². The maximum Gasteiger partial charge on any atom is 0.143 e. The van der Waals surface area contributed by atoms with Gasteiger partial charge in [-0.1, -0.05) is 6.07 Å². The second kappa shape index (κ2) is 6.47. The summed E-state index contributed by atoms with van der Waals surface area (Å²) in [4.78, 5) is 12.1. The fourth-order valence-electron chi connectivity index (χ4n) is 2.19. The topological polar surface area (TPSA) is 34.9 Å². The van der Waals surface area contributed by atoms with Crippen LogP contribution in [0.15, 0.2) is 22.7 Å². The molecule has 1 heterocycles. The molecular weight excluding hydrogens is 342 g/mol. The molecule has 2 aromatic rings. The second-order valence-corrected chi connectivity index (χ2v) is 5.55. The number of Topliss-reactive ketones (excluding diaryl/α,β-unsaturated/α-hetero) is 1. The number of aromatic nitrogens is 2. The average Bonchev–Trinajstić information content (AvgIpc) is 2.71. The van der Waals surface area contributed by atoms with E-state index in [2.05, 4.69) is 21.0 Å². The highest BCUT2D eigenvalue weighted by molar-refractivity contribution is 9.10. The Balaban J connectivity index is 2.20. The lowest BCUT2D eigenvalue weighted by Crippen LogP contribution is -2.13. The summed E-state index contributed by atoms with van der Waals surface area (Å²) in [6, 6.07) is 3.59. The minimum atomic E-state index is -0.692. The summed E-state index contributed by atoms with van der Waals surface area (Å²) < 4.78 is 29.6. The summed E-state index contributed by atoms with van der Waals surface area (Å²) in [5.41, 5.74) is 1.34. The van der Waals surface area contributed by atoms with Crippen molar-refractivity contribution in [2.75, 3.05) is 0 Å². The number of halogens is 3. The Kier molecular flexibility index (Phi) is 4.88. The number of benzene rings is 1. The monoisotopic (exact) mass is 356 g/mol. The van der Waals surface area contributed by atoms with Crippen LogP contribution in [0.4, 0.5) is 8.78 Å². The van der Waals surface area contributed by atoms with E-state index < -0.39 is 11.6 Å². The van der Waals surface area contributed by atoms with Crippen molar-refractivity contribution in [3.8, 4) is 0 Å². The predicted octanol–water partition coefficient (Wildman–Crippen LogP) is 3.61. The third kappa shape index (κ3) is 3.37. The molecule has 0 fully saturated rings. The fraction of sp³-hybridized carbons (Fsp3) is 0.333. The Morgan fingerprint density at radius 3 is 2.48 bits per heavy atom. The van der Waals surface area contributed by atoms with E-state index in [-0.39, 0.29) is 24.2 Å². The molecule has 0 aliphatic rings. The predicted molar refractivity (Wildman–Crippen MR) is 79.1 cm³/mol. The lowest BCUT2D eigenvalue weighted by molar-refractivity contribution is -0.118. The van der Waals surface area contributed by atoms with Crippen molar-refractivity contribution < 1.29 is 13.6 Å². The fourth-order valence-corrected chi connectivity index (χ4v) is 2.61. The van der Waals surface area contributed by atoms with Gasteiger partial charge in [-0.3, -0.25) is 9.48 Å². The van der Waals surface area contributed by atoms with Gasteiger partial charge in [0, 0.05) is 24.9 Å². The third-order valence-electron chi connectivity index (χ3n) is 3.25. The molecule has 0 bridgehead atoms. The highest BCUT2D eigenvalue weighted by Crippen LogP contribution is 2.22. The standard InChI is InChI=1S/C15H15BrF2N2O/c1-3-20-14(15(16)9(2)19-20)8-10(21)7-11-12(17)5-4-6-13(11)18/h4-6H,3,7-8H2,1-2H3. The van der Waals surface area contributed by atoms with E-state index in [4.69, 9.17) is 0 Å². The number of carbonyl (C=O) groups excluding carboxylic acids is 1. The molecule has 21 heavy (non-hydrogen) atoms. The molecule has 0 radical (unpaired) electrons. The van der Waals surface area contributed by atoms with Crippen molar-refractivity contribution in [2.24, 2.45) is 0 Å². The Morgan fingerprint density at radius 2 is 1.90 bits per heavy atom. The Hall–Kier alpha value is -1.56. The van der Waals surface area contributed by atoms with Crippen LogP contribution >= 0.6 is 15.9 Å². The van der Waals surface area contributed by atoms with Crippen molar-refractivity contribution in [3.05, 3.63) is 51.3 Å². The van der Waals surface area contributed by atoms with Crippen LogP contribution < -0.4 is 0 Å². The van der Waals surface area contributed by atoms with Crippen molar-refractivity contribution in [2.45, 2.75) is 33.2 Å². The van der Waals surface area contributed by atoms with Crippen molar-refractivity contribution in [1.29, 1.82) is 0 Å². The zero-order valence-electron chi connectivity index (χ0n) is 11.8. The number of hydrogen-bond acceptors (Lipinski definition) is 2. The van der Waals surface area contributed by atoms with Gasteiger partial charge in [0.05, 0.1) is 15.9 Å². The molecule has 0 saturated carbocycles. The number of rotatable bonds is 5. The maximum atomic E-state index is 13.6. The molecule has 0 aliphatic heterocycles. The number of carbonyl (C=O) groups is 1. The minimum Gasteiger partial charge on any atom is -0.299 e. The van der Waals surface area contributed by atoms with E-state index in [1.807, 2.05) is 13.8 Å². The molecule has 0 spiro atoms. The summed E-state index contributed by atoms with van der Waals surface area (Å²) in [7, 11) is 0. The van der Waals surface area contributed by atoms with Crippen molar-refractivity contribution in [1.82, 2.24) is 9.78 Å². The zero-order valence-corrected chi connectivity index (χ0v) is 13.4. The molecule has 1 aromatic heterocycles. The first-order valence-electron chi connectivity index (χ1n) is 6.60. The number of nitrogens with zero attached hydrogens (tertiary/aromatic N) is 2. The molecule has 0 atom stereocenters. The van der Waals surface area contributed by atoms with Crippen LogP contribution in [0.3, 0.4) is 0 Å². The molecule has 3 nitrogen and oxygen atoms in total. The number of ketones is 1. The summed E-state index contributed by atoms with van der Waals surface area (Å²) in [5, 5.41) is 4.29. The van der Waals surface area contributed by atoms with Gasteiger partial charge in [-0.2, -0.15) is 5.10 Å². The second-order valence-electron chi connectivity index (χ2n) is 4.75. The minimum absolute atomic E-state index is 0.0863. The molecule has 0 amide bonds. The van der Waals surface area contributed by atoms with Crippen LogP contribution in [-0.2, 0) is 24.2 Å². The highest BCUT2D eigenvalue weighted by atomic mass is 79.9. The van der Waals surface area contributed by atoms with Gasteiger partial charge in [-0.05, 0) is 41.9 Å². The van der Waals surface area contributed by atoms with Gasteiger partial charge in [0.15, 0.2) is 0 Å². The first-order valence-corrected chi connectivity index (χ1v) is 7.39. The molecule has 0 aliphatic carbocycles. The maximum absolute atomic E-state index is 13.6. The molecule has 112 valence electrons. The third-order valence-corrected chi connectivity index (χ3v) is 4.28. The Labute approximate surface area is 130 Å². The van der Waals surface area contributed by atoms with Gasteiger partial charge in [-0.25, -0.2) is 8.78 Å². The molecule has 6 heteroatoms. The van der Waals surface area contributed by atoms with Crippen LogP contribution in [0.2, 0.25) is 0 Å². The summed E-state index contributed by atoms with van der Waals surface area (Å²) in [5.74, 6) is -1.64. The normalized spacial score (nSPS) is 10.9. The highest BCUT2D eigenvalue weighted by Gasteiger charge is 2.18. The van der Waals surface area contributed by atoms with E-state index in [9.17, 15) is 13.6 Å². The van der Waals surface area contributed by atoms with Gasteiger partial charge < -0.3 is 0 Å². The molecule has 0 N–H and O–H groups in total. The summed E-state index contributed by atoms with van der Waals surface area (Å²) in [6.45, 7) is 4.38. The van der Waals surface area contributed by atoms with Gasteiger partial charge in [0.1, 0.15) is 17.4 Å². The smallest absolute Gasteiger partial charge is 0.143 e. The Morgan fingerprint density at radius 1 is 1.29 bits per heavy atom. The molecule has 0 saturated heterocycles. The Bertz CT molecular complexity index is 662. The zero-order chi connectivity index (χ0) is 15.6. The first-order chi connectivity index (χ1) is 9.93. The lowest BCUT2D eigenvalue weighted by Gasteiger charge is -2.07. The molecule has 0 unspecified atom stereocenters. The van der Waals surface area contributed by atoms with Gasteiger partial charge >= 0.3 is 0 Å². The van der Waals surface area contributed by atoms with Crippen LogP contribution in [-0.4, -0.2) is 15.6 Å². The van der Waals surface area contributed by atoms with E-state index in [0.29, 0.717) is 6.54 Å². The van der Waals surface area contributed by atoms with E-state index in [1.54, 1.807) is 4.68 Å². The summed E-state index contributed by atoms with van der Waals surface area (Å²) >= 11 is 3.40. The SMILES string of the molecule is CCn1nc(C)c(Br)c1CC(=O)Cc1c(F)cccc1F. The first kappa shape index (κ1) is 15.8. The molecule has 1 aromatic carbocycles. The van der Waals surface area contributed by atoms with Gasteiger partial charge in [0.25, 0.3) is 0 Å². The number of hydrogen-bond donors (Lipinski definition) is 0. The molecular formula is C15H15BrF2N2O. The van der Waals surface area contributed by atoms with Crippen molar-refractivity contribution in [3.63, 3.8) is 0 Å². The largest absolute Gasteiger partial charge is 0.299 e. The van der Waals surface area contributed by atoms with Crippen molar-refractivity contribution >= 4 is 21.7 Å². The van der Waals surface area contributed by atoms with Gasteiger partial charge in [-0.15, -0.1) is 0 Å². The van der Waals surface area contributed by atoms with E-state index in [0.717, 1.165) is 28.0 Å². The number of aryl methyl sites for hydroxylation is 2. The van der Waals surface area contributed by atoms with E-state index in [1.165, 1.54) is 6.07 Å². The van der Waals surface area contributed by atoms with Gasteiger partial charge in [0.2, 0.25) is 0 Å². The lowest BCUT2D eigenvalue weighted by atomic mass is 10.0.